The van der Waals surface area contributed by atoms with Crippen molar-refractivity contribution in [3.05, 3.63) is 53.7 Å². The zero-order valence-electron chi connectivity index (χ0n) is 12.1. The third kappa shape index (κ3) is 1.96. The largest absolute Gasteiger partial charge is 0.329 e. The first kappa shape index (κ1) is 12.6. The second kappa shape index (κ2) is 4.69. The number of benzene rings is 1. The first-order valence-electron chi connectivity index (χ1n) is 7.59. The van der Waals surface area contributed by atoms with Gasteiger partial charge in [-0.05, 0) is 56.0 Å². The highest BCUT2D eigenvalue weighted by molar-refractivity contribution is 5.99. The molecule has 2 aliphatic rings. The van der Waals surface area contributed by atoms with Crippen molar-refractivity contribution in [1.29, 1.82) is 0 Å². The number of carbonyl (C=O) groups is 1. The highest BCUT2D eigenvalue weighted by atomic mass is 16.2. The molecule has 4 rings (SSSR count). The van der Waals surface area contributed by atoms with Gasteiger partial charge in [-0.2, -0.15) is 0 Å². The van der Waals surface area contributed by atoms with Crippen molar-refractivity contribution in [2.75, 3.05) is 0 Å². The highest BCUT2D eigenvalue weighted by Crippen LogP contribution is 2.33. The molecule has 0 spiro atoms. The summed E-state index contributed by atoms with van der Waals surface area (Å²) < 4.78 is 0. The predicted octanol–water partition coefficient (Wildman–Crippen LogP) is 3.48. The number of carbonyl (C=O) groups excluding carboxylic acids is 1. The van der Waals surface area contributed by atoms with Gasteiger partial charge in [-0.25, -0.2) is 0 Å². The van der Waals surface area contributed by atoms with Crippen LogP contribution in [-0.4, -0.2) is 27.9 Å². The molecule has 3 nitrogen and oxygen atoms in total. The van der Waals surface area contributed by atoms with Crippen LogP contribution in [0.1, 0.15) is 35.2 Å². The van der Waals surface area contributed by atoms with Crippen molar-refractivity contribution in [3.8, 4) is 0 Å². The first-order valence-corrected chi connectivity index (χ1v) is 7.59. The molecule has 0 unspecified atom stereocenters. The number of fused-ring (bicyclic) bond motifs is 3. The summed E-state index contributed by atoms with van der Waals surface area (Å²) in [5.74, 6) is 0.164. The molecule has 3 heteroatoms. The molecule has 1 saturated heterocycles. The number of aryl methyl sites for hydroxylation is 1. The Labute approximate surface area is 124 Å². The number of pyridine rings is 1. The Morgan fingerprint density at radius 1 is 1.29 bits per heavy atom. The van der Waals surface area contributed by atoms with Gasteiger partial charge >= 0.3 is 0 Å². The smallest absolute Gasteiger partial charge is 0.254 e. The number of nitrogens with zero attached hydrogens (tertiary/aromatic N) is 2. The fourth-order valence-electron chi connectivity index (χ4n) is 3.61. The van der Waals surface area contributed by atoms with Crippen LogP contribution in [0.15, 0.2) is 42.6 Å². The number of aromatic nitrogens is 1. The molecule has 2 bridgehead atoms. The van der Waals surface area contributed by atoms with E-state index in [1.165, 1.54) is 0 Å². The molecule has 21 heavy (non-hydrogen) atoms. The van der Waals surface area contributed by atoms with Gasteiger partial charge in [0.25, 0.3) is 5.91 Å². The van der Waals surface area contributed by atoms with E-state index in [4.69, 9.17) is 0 Å². The van der Waals surface area contributed by atoms with Gasteiger partial charge in [-0.3, -0.25) is 9.78 Å². The lowest BCUT2D eigenvalue weighted by Crippen LogP contribution is -2.42. The topological polar surface area (TPSA) is 33.2 Å². The van der Waals surface area contributed by atoms with Crippen LogP contribution in [0.5, 0.6) is 0 Å². The molecule has 3 heterocycles. The summed E-state index contributed by atoms with van der Waals surface area (Å²) in [5.41, 5.74) is 2.90. The Morgan fingerprint density at radius 2 is 2.19 bits per heavy atom. The minimum Gasteiger partial charge on any atom is -0.329 e. The molecule has 0 radical (unpaired) electrons. The summed E-state index contributed by atoms with van der Waals surface area (Å²) in [7, 11) is 0. The summed E-state index contributed by atoms with van der Waals surface area (Å²) in [6.45, 7) is 2.06. The molecule has 1 aromatic heterocycles. The van der Waals surface area contributed by atoms with Crippen LogP contribution >= 0.6 is 0 Å². The van der Waals surface area contributed by atoms with Crippen LogP contribution in [0.4, 0.5) is 0 Å². The van der Waals surface area contributed by atoms with E-state index in [1.807, 2.05) is 30.5 Å². The van der Waals surface area contributed by atoms with Crippen LogP contribution in [0.2, 0.25) is 0 Å². The van der Waals surface area contributed by atoms with E-state index in [0.29, 0.717) is 12.1 Å². The van der Waals surface area contributed by atoms with Crippen LogP contribution in [-0.2, 0) is 0 Å². The van der Waals surface area contributed by atoms with Crippen LogP contribution in [0.25, 0.3) is 10.9 Å². The summed E-state index contributed by atoms with van der Waals surface area (Å²) in [4.78, 5) is 19.3. The second-order valence-corrected chi connectivity index (χ2v) is 6.03. The van der Waals surface area contributed by atoms with Gasteiger partial charge in [0.15, 0.2) is 0 Å². The van der Waals surface area contributed by atoms with Crippen molar-refractivity contribution in [3.63, 3.8) is 0 Å². The van der Waals surface area contributed by atoms with Gasteiger partial charge < -0.3 is 4.90 Å². The zero-order valence-corrected chi connectivity index (χ0v) is 12.1. The molecule has 1 aromatic carbocycles. The van der Waals surface area contributed by atoms with E-state index in [0.717, 1.165) is 41.3 Å². The normalized spacial score (nSPS) is 23.8. The number of hydrogen-bond acceptors (Lipinski definition) is 2. The Balaban J connectivity index is 1.75. The molecular weight excluding hydrogens is 260 g/mol. The molecular formula is C18H18N2O. The van der Waals surface area contributed by atoms with Crippen molar-refractivity contribution in [2.24, 2.45) is 0 Å². The maximum Gasteiger partial charge on any atom is 0.254 e. The van der Waals surface area contributed by atoms with E-state index in [-0.39, 0.29) is 5.91 Å². The zero-order chi connectivity index (χ0) is 14.4. The third-order valence-electron chi connectivity index (χ3n) is 4.75. The fourth-order valence-corrected chi connectivity index (χ4v) is 3.61. The molecule has 2 atom stereocenters. The molecule has 0 saturated carbocycles. The Hall–Kier alpha value is -2.16. The van der Waals surface area contributed by atoms with E-state index < -0.39 is 0 Å². The monoisotopic (exact) mass is 278 g/mol. The van der Waals surface area contributed by atoms with Gasteiger partial charge in [0, 0.05) is 23.2 Å². The molecule has 106 valence electrons. The number of amides is 1. The summed E-state index contributed by atoms with van der Waals surface area (Å²) in [6, 6.07) is 8.54. The Morgan fingerprint density at radius 3 is 3.05 bits per heavy atom. The molecule has 2 aromatic rings. The van der Waals surface area contributed by atoms with Gasteiger partial charge in [0.2, 0.25) is 0 Å². The first-order chi connectivity index (χ1) is 10.2. The maximum atomic E-state index is 12.9. The molecule has 1 fully saturated rings. The van der Waals surface area contributed by atoms with Crippen LogP contribution in [0.3, 0.4) is 0 Å². The minimum absolute atomic E-state index is 0.164. The van der Waals surface area contributed by atoms with Gasteiger partial charge in [-0.15, -0.1) is 0 Å². The number of rotatable bonds is 1. The van der Waals surface area contributed by atoms with E-state index in [9.17, 15) is 4.79 Å². The van der Waals surface area contributed by atoms with E-state index in [2.05, 4.69) is 29.0 Å². The lowest BCUT2D eigenvalue weighted by atomic mass is 10.0. The van der Waals surface area contributed by atoms with Crippen molar-refractivity contribution < 1.29 is 4.79 Å². The summed E-state index contributed by atoms with van der Waals surface area (Å²) >= 11 is 0. The van der Waals surface area contributed by atoms with Crippen molar-refractivity contribution >= 4 is 16.8 Å². The quantitative estimate of drug-likeness (QED) is 0.748. The maximum absolute atomic E-state index is 12.9. The van der Waals surface area contributed by atoms with E-state index >= 15 is 0 Å². The van der Waals surface area contributed by atoms with E-state index in [1.54, 1.807) is 0 Å². The van der Waals surface area contributed by atoms with Crippen LogP contribution < -0.4 is 0 Å². The second-order valence-electron chi connectivity index (χ2n) is 6.03. The highest BCUT2D eigenvalue weighted by Gasteiger charge is 2.37. The fraction of sp³-hybridized carbons (Fsp3) is 0.333. The third-order valence-corrected chi connectivity index (χ3v) is 4.75. The van der Waals surface area contributed by atoms with Gasteiger partial charge in [0.1, 0.15) is 0 Å². The average molecular weight is 278 g/mol. The van der Waals surface area contributed by atoms with Crippen molar-refractivity contribution in [1.82, 2.24) is 9.88 Å². The standard InChI is InChI=1S/C18H18N2O/c1-12-9-10-19-17-8-5-13(11-16(12)17)18(21)20-14-3-2-4-15(20)7-6-14/h2-3,5,8-11,14-15H,4,6-7H2,1H3/t14-,15-/m0/s1. The van der Waals surface area contributed by atoms with Crippen LogP contribution in [0, 0.1) is 6.92 Å². The Bertz CT molecular complexity index is 750. The molecule has 1 amide bonds. The van der Waals surface area contributed by atoms with Gasteiger partial charge in [-0.1, -0.05) is 12.2 Å². The molecule has 2 aliphatic heterocycles. The Kier molecular flexibility index (Phi) is 2.81. The molecule has 0 N–H and O–H groups in total. The molecule has 0 aliphatic carbocycles. The summed E-state index contributed by atoms with van der Waals surface area (Å²) in [5, 5.41) is 1.07. The average Bonchev–Trinajstić information content (AvgIpc) is 2.75. The minimum atomic E-state index is 0.164. The number of hydrogen-bond donors (Lipinski definition) is 0. The van der Waals surface area contributed by atoms with Gasteiger partial charge in [0.05, 0.1) is 11.6 Å². The predicted molar refractivity (Wildman–Crippen MR) is 83.2 cm³/mol. The lowest BCUT2D eigenvalue weighted by molar-refractivity contribution is 0.0689. The lowest BCUT2D eigenvalue weighted by Gasteiger charge is -2.31. The summed E-state index contributed by atoms with van der Waals surface area (Å²) in [6.07, 6.45) is 9.44. The SMILES string of the molecule is Cc1ccnc2ccc(C(=O)N3[C@H]4CC=C[C@H]3CC4)cc12. The van der Waals surface area contributed by atoms with Crippen molar-refractivity contribution in [2.45, 2.75) is 38.3 Å².